The number of nitrogens with zero attached hydrogens (tertiary/aromatic N) is 3. The topological polar surface area (TPSA) is 59.9 Å². The maximum Gasteiger partial charge on any atom is 0.125 e. The van der Waals surface area contributed by atoms with Crippen LogP contribution >= 0.6 is 11.8 Å². The van der Waals surface area contributed by atoms with Crippen LogP contribution < -0.4 is 10.1 Å². The van der Waals surface area contributed by atoms with Crippen molar-refractivity contribution < 1.29 is 4.74 Å². The molecule has 1 aromatic carbocycles. The van der Waals surface area contributed by atoms with Gasteiger partial charge in [0.05, 0.1) is 36.2 Å². The second-order valence-corrected chi connectivity index (χ2v) is 8.37. The first-order valence-electron chi connectivity index (χ1n) is 10.4. The summed E-state index contributed by atoms with van der Waals surface area (Å²) in [6, 6.07) is 16.3. The summed E-state index contributed by atoms with van der Waals surface area (Å²) in [6.07, 6.45) is 8.37. The average Bonchev–Trinajstić information content (AvgIpc) is 2.82. The average molecular weight is 431 g/mol. The lowest BCUT2D eigenvalue weighted by atomic mass is 10.2. The highest BCUT2D eigenvalue weighted by molar-refractivity contribution is 7.98. The second kappa shape index (κ2) is 10.8. The zero-order chi connectivity index (χ0) is 21.3. The Balaban J connectivity index is 1.25. The fraction of sp³-hybridized carbons (Fsp3) is 0.240. The molecule has 0 aliphatic heterocycles. The SMILES string of the molecule is Cc1c(OCCCSCc2ccncc2)ccnc1CNc1cnc2ccccc2c1. The Kier molecular flexibility index (Phi) is 7.34. The first-order chi connectivity index (χ1) is 15.3. The minimum atomic E-state index is 0.630. The summed E-state index contributed by atoms with van der Waals surface area (Å²) in [5.74, 6) is 2.98. The monoisotopic (exact) mass is 430 g/mol. The van der Waals surface area contributed by atoms with Gasteiger partial charge in [0.2, 0.25) is 0 Å². The van der Waals surface area contributed by atoms with Crippen molar-refractivity contribution in [3.8, 4) is 5.75 Å². The van der Waals surface area contributed by atoms with Crippen molar-refractivity contribution in [2.45, 2.75) is 25.6 Å². The molecule has 4 rings (SSSR count). The molecular weight excluding hydrogens is 404 g/mol. The lowest BCUT2D eigenvalue weighted by Gasteiger charge is -2.13. The molecule has 158 valence electrons. The van der Waals surface area contributed by atoms with E-state index in [0.717, 1.165) is 51.5 Å². The fourth-order valence-electron chi connectivity index (χ4n) is 3.26. The molecule has 0 amide bonds. The molecule has 5 nitrogen and oxygen atoms in total. The predicted molar refractivity (Wildman–Crippen MR) is 129 cm³/mol. The molecule has 0 fully saturated rings. The lowest BCUT2D eigenvalue weighted by molar-refractivity contribution is 0.316. The van der Waals surface area contributed by atoms with E-state index >= 15 is 0 Å². The van der Waals surface area contributed by atoms with Crippen LogP contribution in [0.3, 0.4) is 0 Å². The molecule has 6 heteroatoms. The molecule has 31 heavy (non-hydrogen) atoms. The standard InChI is InChI=1S/C25H26N4OS/c1-19-24(17-28-22-15-21-5-2-3-6-23(21)29-16-22)27-12-9-25(19)30-13-4-14-31-18-20-7-10-26-11-8-20/h2-3,5-12,15-16,28H,4,13-14,17-18H2,1H3. The van der Waals surface area contributed by atoms with Crippen LogP contribution in [0.2, 0.25) is 0 Å². The van der Waals surface area contributed by atoms with Crippen molar-refractivity contribution in [3.05, 3.63) is 90.1 Å². The minimum absolute atomic E-state index is 0.630. The quantitative estimate of drug-likeness (QED) is 0.328. The zero-order valence-electron chi connectivity index (χ0n) is 17.6. The van der Waals surface area contributed by atoms with Crippen molar-refractivity contribution >= 4 is 28.4 Å². The van der Waals surface area contributed by atoms with Gasteiger partial charge in [-0.05, 0) is 55.0 Å². The highest BCUT2D eigenvalue weighted by Gasteiger charge is 2.07. The van der Waals surface area contributed by atoms with Gasteiger partial charge >= 0.3 is 0 Å². The molecule has 0 saturated carbocycles. The van der Waals surface area contributed by atoms with E-state index in [1.165, 1.54) is 5.56 Å². The summed E-state index contributed by atoms with van der Waals surface area (Å²) in [4.78, 5) is 13.1. The Hall–Kier alpha value is -3.12. The Morgan fingerprint density at radius 2 is 1.87 bits per heavy atom. The van der Waals surface area contributed by atoms with Gasteiger partial charge in [0.15, 0.2) is 0 Å². The Morgan fingerprint density at radius 3 is 2.77 bits per heavy atom. The van der Waals surface area contributed by atoms with Crippen LogP contribution in [0.5, 0.6) is 5.75 Å². The van der Waals surface area contributed by atoms with Gasteiger partial charge in [0, 0.05) is 35.3 Å². The molecule has 0 aliphatic rings. The third-order valence-corrected chi connectivity index (χ3v) is 6.13. The van der Waals surface area contributed by atoms with Crippen LogP contribution in [0.25, 0.3) is 10.9 Å². The highest BCUT2D eigenvalue weighted by atomic mass is 32.2. The molecule has 0 radical (unpaired) electrons. The van der Waals surface area contributed by atoms with Crippen molar-refractivity contribution in [3.63, 3.8) is 0 Å². The molecule has 4 aromatic rings. The smallest absolute Gasteiger partial charge is 0.125 e. The van der Waals surface area contributed by atoms with E-state index in [2.05, 4.69) is 51.5 Å². The number of benzene rings is 1. The number of para-hydroxylation sites is 1. The number of pyridine rings is 3. The van der Waals surface area contributed by atoms with Gasteiger partial charge in [-0.2, -0.15) is 11.8 Å². The normalized spacial score (nSPS) is 10.9. The Morgan fingerprint density at radius 1 is 1.00 bits per heavy atom. The summed E-state index contributed by atoms with van der Waals surface area (Å²) in [6.45, 7) is 3.40. The molecular formula is C25H26N4OS. The number of thioether (sulfide) groups is 1. The third kappa shape index (κ3) is 5.95. The molecule has 0 aliphatic carbocycles. The number of hydrogen-bond acceptors (Lipinski definition) is 6. The number of anilines is 1. The zero-order valence-corrected chi connectivity index (χ0v) is 18.4. The molecule has 0 bridgehead atoms. The number of rotatable bonds is 10. The highest BCUT2D eigenvalue weighted by Crippen LogP contribution is 2.22. The van der Waals surface area contributed by atoms with Crippen LogP contribution in [0.15, 0.2) is 73.3 Å². The van der Waals surface area contributed by atoms with E-state index in [0.29, 0.717) is 13.2 Å². The van der Waals surface area contributed by atoms with Gasteiger partial charge in [-0.1, -0.05) is 18.2 Å². The largest absolute Gasteiger partial charge is 0.493 e. The van der Waals surface area contributed by atoms with Crippen molar-refractivity contribution in [1.82, 2.24) is 15.0 Å². The lowest BCUT2D eigenvalue weighted by Crippen LogP contribution is -2.07. The molecule has 0 unspecified atom stereocenters. The number of fused-ring (bicyclic) bond motifs is 1. The summed E-state index contributed by atoms with van der Waals surface area (Å²) in [5.41, 5.74) is 5.35. The van der Waals surface area contributed by atoms with Gasteiger partial charge in [-0.3, -0.25) is 15.0 Å². The van der Waals surface area contributed by atoms with E-state index in [1.54, 1.807) is 0 Å². The maximum atomic E-state index is 6.04. The summed E-state index contributed by atoms with van der Waals surface area (Å²) in [7, 11) is 0. The number of ether oxygens (including phenoxy) is 1. The third-order valence-electron chi connectivity index (χ3n) is 5.02. The molecule has 3 aromatic heterocycles. The maximum absolute atomic E-state index is 6.04. The van der Waals surface area contributed by atoms with E-state index < -0.39 is 0 Å². The Bertz CT molecular complexity index is 1120. The van der Waals surface area contributed by atoms with Gasteiger partial charge < -0.3 is 10.1 Å². The van der Waals surface area contributed by atoms with Gasteiger partial charge in [0.25, 0.3) is 0 Å². The van der Waals surface area contributed by atoms with Gasteiger partial charge in [0.1, 0.15) is 5.75 Å². The number of hydrogen-bond donors (Lipinski definition) is 1. The summed E-state index contributed by atoms with van der Waals surface area (Å²) < 4.78 is 6.04. The molecule has 0 spiro atoms. The molecule has 3 heterocycles. The first-order valence-corrected chi connectivity index (χ1v) is 11.6. The summed E-state index contributed by atoms with van der Waals surface area (Å²) in [5, 5.41) is 4.55. The van der Waals surface area contributed by atoms with E-state index in [9.17, 15) is 0 Å². The number of nitrogens with one attached hydrogen (secondary N) is 1. The molecule has 0 saturated heterocycles. The second-order valence-electron chi connectivity index (χ2n) is 7.26. The van der Waals surface area contributed by atoms with Crippen LogP contribution in [0, 0.1) is 6.92 Å². The fourth-order valence-corrected chi connectivity index (χ4v) is 4.15. The minimum Gasteiger partial charge on any atom is -0.493 e. The van der Waals surface area contributed by atoms with Crippen molar-refractivity contribution in [1.29, 1.82) is 0 Å². The van der Waals surface area contributed by atoms with E-state index in [-0.39, 0.29) is 0 Å². The molecule has 1 N–H and O–H groups in total. The van der Waals surface area contributed by atoms with Gasteiger partial charge in [-0.25, -0.2) is 0 Å². The van der Waals surface area contributed by atoms with Crippen molar-refractivity contribution in [2.24, 2.45) is 0 Å². The number of aromatic nitrogens is 3. The van der Waals surface area contributed by atoms with Crippen LogP contribution in [0.4, 0.5) is 5.69 Å². The van der Waals surface area contributed by atoms with Crippen LogP contribution in [-0.2, 0) is 12.3 Å². The first kappa shape index (κ1) is 21.1. The Labute approximate surface area is 187 Å². The van der Waals surface area contributed by atoms with Gasteiger partial charge in [-0.15, -0.1) is 0 Å². The van der Waals surface area contributed by atoms with Crippen molar-refractivity contribution in [2.75, 3.05) is 17.7 Å². The predicted octanol–water partition coefficient (Wildman–Crippen LogP) is 5.65. The summed E-state index contributed by atoms with van der Waals surface area (Å²) >= 11 is 1.92. The van der Waals surface area contributed by atoms with E-state index in [1.807, 2.05) is 60.8 Å². The van der Waals surface area contributed by atoms with Crippen LogP contribution in [0.1, 0.15) is 23.2 Å². The molecule has 0 atom stereocenters. The van der Waals surface area contributed by atoms with E-state index in [4.69, 9.17) is 4.74 Å². The van der Waals surface area contributed by atoms with Crippen LogP contribution in [-0.4, -0.2) is 27.3 Å².